The van der Waals surface area contributed by atoms with Crippen LogP contribution in [0.5, 0.6) is 17.2 Å². The molecule has 0 aliphatic carbocycles. The van der Waals surface area contributed by atoms with Crippen LogP contribution in [0.25, 0.3) is 0 Å². The predicted octanol–water partition coefficient (Wildman–Crippen LogP) is 4.23. The number of halogens is 1. The minimum Gasteiger partial charge on any atom is -0.493 e. The second-order valence-corrected chi connectivity index (χ2v) is 9.21. The van der Waals surface area contributed by atoms with Gasteiger partial charge in [0, 0.05) is 42.7 Å². The SMILES string of the molecule is COc1cc(C2CN(C(=O)c3ccc(Cl)cc3)CC2C(=O)N2CCCCC2)cc(OC)c1OC. The number of hydrogen-bond acceptors (Lipinski definition) is 5. The standard InChI is InChI=1S/C26H31ClN2O5/c1-32-22-13-18(14-23(33-2)24(22)34-3)20-15-29(25(30)17-7-9-19(27)10-8-17)16-21(20)26(31)28-11-5-4-6-12-28/h7-10,13-14,20-21H,4-6,11-12,15-16H2,1-3H3. The number of hydrogen-bond donors (Lipinski definition) is 0. The zero-order chi connectivity index (χ0) is 24.2. The maximum Gasteiger partial charge on any atom is 0.253 e. The van der Waals surface area contributed by atoms with E-state index in [0.717, 1.165) is 37.9 Å². The lowest BCUT2D eigenvalue weighted by Crippen LogP contribution is -2.42. The van der Waals surface area contributed by atoms with Crippen LogP contribution in [0.2, 0.25) is 5.02 Å². The number of carbonyl (C=O) groups is 2. The number of nitrogens with zero attached hydrogens (tertiary/aromatic N) is 2. The van der Waals surface area contributed by atoms with Crippen molar-refractivity contribution in [3.05, 3.63) is 52.5 Å². The van der Waals surface area contributed by atoms with Crippen molar-refractivity contribution in [2.75, 3.05) is 47.5 Å². The van der Waals surface area contributed by atoms with Crippen LogP contribution < -0.4 is 14.2 Å². The van der Waals surface area contributed by atoms with Gasteiger partial charge in [-0.25, -0.2) is 0 Å². The molecule has 2 aromatic carbocycles. The summed E-state index contributed by atoms with van der Waals surface area (Å²) in [7, 11) is 4.70. The van der Waals surface area contributed by atoms with E-state index in [-0.39, 0.29) is 23.7 Å². The quantitative estimate of drug-likeness (QED) is 0.611. The van der Waals surface area contributed by atoms with Gasteiger partial charge >= 0.3 is 0 Å². The summed E-state index contributed by atoms with van der Waals surface area (Å²) >= 11 is 6.00. The molecule has 2 unspecified atom stereocenters. The van der Waals surface area contributed by atoms with E-state index in [2.05, 4.69) is 0 Å². The lowest BCUT2D eigenvalue weighted by Gasteiger charge is -2.31. The summed E-state index contributed by atoms with van der Waals surface area (Å²) < 4.78 is 16.6. The Bertz CT molecular complexity index is 1010. The second kappa shape index (κ2) is 10.6. The normalized spacial score (nSPS) is 20.2. The lowest BCUT2D eigenvalue weighted by molar-refractivity contribution is -0.136. The first-order chi connectivity index (χ1) is 16.5. The summed E-state index contributed by atoms with van der Waals surface area (Å²) in [5, 5.41) is 0.575. The number of carbonyl (C=O) groups excluding carboxylic acids is 2. The fourth-order valence-electron chi connectivity index (χ4n) is 5.00. The van der Waals surface area contributed by atoms with Crippen molar-refractivity contribution in [3.63, 3.8) is 0 Å². The fourth-order valence-corrected chi connectivity index (χ4v) is 5.12. The first kappa shape index (κ1) is 24.2. The Hall–Kier alpha value is -2.93. The molecule has 7 nitrogen and oxygen atoms in total. The molecular weight excluding hydrogens is 456 g/mol. The van der Waals surface area contributed by atoms with Gasteiger partial charge in [0.2, 0.25) is 11.7 Å². The summed E-state index contributed by atoms with van der Waals surface area (Å²) in [6.07, 6.45) is 3.17. The lowest BCUT2D eigenvalue weighted by atomic mass is 9.87. The van der Waals surface area contributed by atoms with Gasteiger partial charge in [0.05, 0.1) is 27.2 Å². The van der Waals surface area contributed by atoms with Crippen LogP contribution in [0, 0.1) is 5.92 Å². The molecular formula is C26H31ClN2O5. The first-order valence-corrected chi connectivity index (χ1v) is 12.0. The van der Waals surface area contributed by atoms with E-state index < -0.39 is 0 Å². The van der Waals surface area contributed by atoms with Gasteiger partial charge in [-0.3, -0.25) is 9.59 Å². The van der Waals surface area contributed by atoms with Gasteiger partial charge in [0.25, 0.3) is 5.91 Å². The number of amides is 2. The van der Waals surface area contributed by atoms with Gasteiger partial charge < -0.3 is 24.0 Å². The van der Waals surface area contributed by atoms with E-state index in [1.165, 1.54) is 0 Å². The number of methoxy groups -OCH3 is 3. The molecule has 4 rings (SSSR count). The van der Waals surface area contributed by atoms with Gasteiger partial charge in [-0.15, -0.1) is 0 Å². The van der Waals surface area contributed by atoms with Crippen LogP contribution in [-0.2, 0) is 4.79 Å². The Balaban J connectivity index is 1.69. The minimum atomic E-state index is -0.350. The molecule has 2 aliphatic rings. The van der Waals surface area contributed by atoms with Crippen molar-refractivity contribution < 1.29 is 23.8 Å². The summed E-state index contributed by atoms with van der Waals surface area (Å²) in [6, 6.07) is 10.6. The molecule has 182 valence electrons. The highest BCUT2D eigenvalue weighted by molar-refractivity contribution is 6.30. The van der Waals surface area contributed by atoms with Crippen LogP contribution in [0.3, 0.4) is 0 Å². The molecule has 0 spiro atoms. The van der Waals surface area contributed by atoms with Crippen LogP contribution in [-0.4, -0.2) is 69.1 Å². The summed E-state index contributed by atoms with van der Waals surface area (Å²) in [5.41, 5.74) is 1.44. The number of likely N-dealkylation sites (tertiary alicyclic amines) is 2. The van der Waals surface area contributed by atoms with Crippen LogP contribution in [0.15, 0.2) is 36.4 Å². The van der Waals surface area contributed by atoms with Gasteiger partial charge in [-0.05, 0) is 61.2 Å². The van der Waals surface area contributed by atoms with Crippen molar-refractivity contribution in [2.24, 2.45) is 5.92 Å². The second-order valence-electron chi connectivity index (χ2n) is 8.77. The number of ether oxygens (including phenoxy) is 3. The third-order valence-electron chi connectivity index (χ3n) is 6.80. The zero-order valence-electron chi connectivity index (χ0n) is 19.9. The van der Waals surface area contributed by atoms with Gasteiger partial charge in [0.15, 0.2) is 11.5 Å². The molecule has 0 saturated carbocycles. The van der Waals surface area contributed by atoms with Crippen LogP contribution in [0.4, 0.5) is 0 Å². The summed E-state index contributed by atoms with van der Waals surface area (Å²) in [5.74, 6) is 1.01. The molecule has 0 aromatic heterocycles. The number of piperidine rings is 1. The Morgan fingerprint density at radius 2 is 1.47 bits per heavy atom. The van der Waals surface area contributed by atoms with E-state index in [9.17, 15) is 9.59 Å². The zero-order valence-corrected chi connectivity index (χ0v) is 20.6. The van der Waals surface area contributed by atoms with Crippen molar-refractivity contribution >= 4 is 23.4 Å². The Morgan fingerprint density at radius 1 is 0.853 bits per heavy atom. The number of benzene rings is 2. The number of rotatable bonds is 6. The third kappa shape index (κ3) is 4.80. The van der Waals surface area contributed by atoms with Crippen molar-refractivity contribution in [1.29, 1.82) is 0 Å². The molecule has 2 aliphatic heterocycles. The molecule has 34 heavy (non-hydrogen) atoms. The highest BCUT2D eigenvalue weighted by atomic mass is 35.5. The average Bonchev–Trinajstić information content (AvgIpc) is 3.33. The maximum atomic E-state index is 13.6. The van der Waals surface area contributed by atoms with E-state index in [1.807, 2.05) is 17.0 Å². The summed E-state index contributed by atoms with van der Waals surface area (Å²) in [6.45, 7) is 2.31. The van der Waals surface area contributed by atoms with Crippen LogP contribution in [0.1, 0.15) is 41.1 Å². The predicted molar refractivity (Wildman–Crippen MR) is 130 cm³/mol. The van der Waals surface area contributed by atoms with E-state index in [4.69, 9.17) is 25.8 Å². The Labute approximate surface area is 205 Å². The van der Waals surface area contributed by atoms with Crippen molar-refractivity contribution in [2.45, 2.75) is 25.2 Å². The third-order valence-corrected chi connectivity index (χ3v) is 7.05. The van der Waals surface area contributed by atoms with Gasteiger partial charge in [-0.1, -0.05) is 11.6 Å². The monoisotopic (exact) mass is 486 g/mol. The highest BCUT2D eigenvalue weighted by Gasteiger charge is 2.43. The molecule has 2 amide bonds. The van der Waals surface area contributed by atoms with Crippen molar-refractivity contribution in [1.82, 2.24) is 9.80 Å². The molecule has 2 atom stereocenters. The Kier molecular flexibility index (Phi) is 7.51. The topological polar surface area (TPSA) is 68.3 Å². The summed E-state index contributed by atoms with van der Waals surface area (Å²) in [4.78, 5) is 30.7. The smallest absolute Gasteiger partial charge is 0.253 e. The van der Waals surface area contributed by atoms with Crippen molar-refractivity contribution in [3.8, 4) is 17.2 Å². The van der Waals surface area contributed by atoms with Crippen LogP contribution >= 0.6 is 11.6 Å². The maximum absolute atomic E-state index is 13.6. The molecule has 8 heteroatoms. The van der Waals surface area contributed by atoms with Gasteiger partial charge in [0.1, 0.15) is 0 Å². The largest absolute Gasteiger partial charge is 0.493 e. The molecule has 2 heterocycles. The van der Waals surface area contributed by atoms with Gasteiger partial charge in [-0.2, -0.15) is 0 Å². The molecule has 0 N–H and O–H groups in total. The molecule has 2 aromatic rings. The fraction of sp³-hybridized carbons (Fsp3) is 0.462. The molecule has 0 radical (unpaired) electrons. The first-order valence-electron chi connectivity index (χ1n) is 11.6. The van der Waals surface area contributed by atoms with E-state index in [1.54, 1.807) is 50.5 Å². The molecule has 2 saturated heterocycles. The molecule has 2 fully saturated rings. The van der Waals surface area contributed by atoms with E-state index in [0.29, 0.717) is 40.9 Å². The van der Waals surface area contributed by atoms with E-state index >= 15 is 0 Å². The Morgan fingerprint density at radius 3 is 2.03 bits per heavy atom. The highest BCUT2D eigenvalue weighted by Crippen LogP contribution is 2.44. The average molecular weight is 487 g/mol. The minimum absolute atomic E-state index is 0.102. The molecule has 0 bridgehead atoms.